The summed E-state index contributed by atoms with van der Waals surface area (Å²) in [6.45, 7) is 7.10. The van der Waals surface area contributed by atoms with Crippen molar-refractivity contribution in [3.63, 3.8) is 0 Å². The van der Waals surface area contributed by atoms with Crippen LogP contribution in [0.25, 0.3) is 0 Å². The van der Waals surface area contributed by atoms with Gasteiger partial charge >= 0.3 is 0 Å². The molecule has 0 bridgehead atoms. The SMILES string of the molecule is Cc1ccc(Cl)cc1Nc1nncc(NCC(C)C)n1. The molecule has 0 aliphatic heterocycles. The molecule has 0 saturated carbocycles. The van der Waals surface area contributed by atoms with Gasteiger partial charge in [0.25, 0.3) is 0 Å². The number of benzene rings is 1. The van der Waals surface area contributed by atoms with E-state index in [0.29, 0.717) is 22.7 Å². The maximum atomic E-state index is 5.99. The average Bonchev–Trinajstić information content (AvgIpc) is 2.41. The van der Waals surface area contributed by atoms with Crippen molar-refractivity contribution in [3.8, 4) is 0 Å². The summed E-state index contributed by atoms with van der Waals surface area (Å²) in [5, 5.41) is 14.9. The Morgan fingerprint density at radius 1 is 1.30 bits per heavy atom. The van der Waals surface area contributed by atoms with Gasteiger partial charge in [0.05, 0.1) is 6.20 Å². The molecule has 0 unspecified atom stereocenters. The first kappa shape index (κ1) is 14.5. The summed E-state index contributed by atoms with van der Waals surface area (Å²) in [5.41, 5.74) is 1.94. The Morgan fingerprint density at radius 3 is 2.85 bits per heavy atom. The third-order valence-electron chi connectivity index (χ3n) is 2.70. The first-order valence-corrected chi connectivity index (χ1v) is 6.89. The Balaban J connectivity index is 2.13. The van der Waals surface area contributed by atoms with Gasteiger partial charge < -0.3 is 10.6 Å². The molecule has 0 aliphatic carbocycles. The van der Waals surface area contributed by atoms with E-state index in [-0.39, 0.29) is 0 Å². The highest BCUT2D eigenvalue weighted by Crippen LogP contribution is 2.22. The quantitative estimate of drug-likeness (QED) is 0.880. The summed E-state index contributed by atoms with van der Waals surface area (Å²) >= 11 is 5.99. The number of nitrogens with zero attached hydrogens (tertiary/aromatic N) is 3. The van der Waals surface area contributed by atoms with Crippen LogP contribution in [-0.2, 0) is 0 Å². The van der Waals surface area contributed by atoms with Crippen molar-refractivity contribution in [2.24, 2.45) is 5.92 Å². The van der Waals surface area contributed by atoms with Crippen LogP contribution in [-0.4, -0.2) is 21.7 Å². The molecule has 106 valence electrons. The van der Waals surface area contributed by atoms with Crippen molar-refractivity contribution >= 4 is 29.1 Å². The van der Waals surface area contributed by atoms with Crippen LogP contribution in [0.4, 0.5) is 17.5 Å². The number of hydrogen-bond acceptors (Lipinski definition) is 5. The van der Waals surface area contributed by atoms with E-state index in [4.69, 9.17) is 11.6 Å². The van der Waals surface area contributed by atoms with Crippen molar-refractivity contribution in [2.45, 2.75) is 20.8 Å². The predicted molar refractivity (Wildman–Crippen MR) is 82.6 cm³/mol. The zero-order chi connectivity index (χ0) is 14.5. The fraction of sp³-hybridized carbons (Fsp3) is 0.357. The lowest BCUT2D eigenvalue weighted by Gasteiger charge is -2.10. The molecule has 0 fully saturated rings. The zero-order valence-electron chi connectivity index (χ0n) is 11.8. The average molecular weight is 292 g/mol. The van der Waals surface area contributed by atoms with Crippen molar-refractivity contribution in [1.29, 1.82) is 0 Å². The molecule has 0 spiro atoms. The van der Waals surface area contributed by atoms with Crippen LogP contribution in [0.2, 0.25) is 5.02 Å². The maximum absolute atomic E-state index is 5.99. The molecule has 0 radical (unpaired) electrons. The number of hydrogen-bond donors (Lipinski definition) is 2. The van der Waals surface area contributed by atoms with Gasteiger partial charge in [-0.1, -0.05) is 31.5 Å². The molecule has 2 N–H and O–H groups in total. The van der Waals surface area contributed by atoms with Gasteiger partial charge in [0, 0.05) is 17.3 Å². The van der Waals surface area contributed by atoms with Gasteiger partial charge in [0.1, 0.15) is 0 Å². The van der Waals surface area contributed by atoms with Crippen molar-refractivity contribution in [2.75, 3.05) is 17.2 Å². The number of aryl methyl sites for hydroxylation is 1. The third kappa shape index (κ3) is 4.06. The summed E-state index contributed by atoms with van der Waals surface area (Å²) in [6, 6.07) is 5.63. The lowest BCUT2D eigenvalue weighted by molar-refractivity contribution is 0.686. The van der Waals surface area contributed by atoms with Gasteiger partial charge in [0.15, 0.2) is 5.82 Å². The molecule has 6 heteroatoms. The lowest BCUT2D eigenvalue weighted by atomic mass is 10.2. The maximum Gasteiger partial charge on any atom is 0.249 e. The van der Waals surface area contributed by atoms with E-state index < -0.39 is 0 Å². The minimum Gasteiger partial charge on any atom is -0.368 e. The van der Waals surface area contributed by atoms with E-state index in [2.05, 4.69) is 39.7 Å². The first-order chi connectivity index (χ1) is 9.54. The number of rotatable bonds is 5. The molecule has 1 aromatic carbocycles. The van der Waals surface area contributed by atoms with Crippen molar-refractivity contribution in [3.05, 3.63) is 35.0 Å². The standard InChI is InChI=1S/C14H18ClN5/c1-9(2)7-16-13-8-17-20-14(19-13)18-12-6-11(15)5-4-10(12)3/h4-6,8-9H,7H2,1-3H3,(H2,16,18,19,20). The van der Waals surface area contributed by atoms with Gasteiger partial charge in [-0.2, -0.15) is 10.1 Å². The predicted octanol–water partition coefficient (Wildman–Crippen LogP) is 3.64. The minimum atomic E-state index is 0.448. The van der Waals surface area contributed by atoms with Crippen LogP contribution in [0.1, 0.15) is 19.4 Å². The van der Waals surface area contributed by atoms with E-state index in [1.165, 1.54) is 0 Å². The van der Waals surface area contributed by atoms with Gasteiger partial charge in [-0.05, 0) is 30.5 Å². The normalized spacial score (nSPS) is 10.7. The molecule has 0 atom stereocenters. The first-order valence-electron chi connectivity index (χ1n) is 6.51. The molecular weight excluding hydrogens is 274 g/mol. The van der Waals surface area contributed by atoms with Crippen LogP contribution < -0.4 is 10.6 Å². The molecule has 2 aromatic rings. The molecule has 1 heterocycles. The van der Waals surface area contributed by atoms with Crippen LogP contribution >= 0.6 is 11.6 Å². The summed E-state index contributed by atoms with van der Waals surface area (Å²) in [6.07, 6.45) is 1.61. The Labute approximate surface area is 123 Å². The molecule has 1 aromatic heterocycles. The van der Waals surface area contributed by atoms with Crippen LogP contribution in [0.15, 0.2) is 24.4 Å². The monoisotopic (exact) mass is 291 g/mol. The highest BCUT2D eigenvalue weighted by Gasteiger charge is 2.04. The number of nitrogens with one attached hydrogen (secondary N) is 2. The van der Waals surface area contributed by atoms with E-state index in [0.717, 1.165) is 17.8 Å². The Kier molecular flexibility index (Phi) is 4.74. The number of aromatic nitrogens is 3. The van der Waals surface area contributed by atoms with Crippen molar-refractivity contribution in [1.82, 2.24) is 15.2 Å². The molecule has 5 nitrogen and oxygen atoms in total. The fourth-order valence-electron chi connectivity index (χ4n) is 1.60. The van der Waals surface area contributed by atoms with Crippen LogP contribution in [0.5, 0.6) is 0 Å². The van der Waals surface area contributed by atoms with Gasteiger partial charge in [-0.25, -0.2) is 0 Å². The van der Waals surface area contributed by atoms with Gasteiger partial charge in [-0.15, -0.1) is 5.10 Å². The number of halogens is 1. The van der Waals surface area contributed by atoms with Crippen LogP contribution in [0.3, 0.4) is 0 Å². The molecule has 0 amide bonds. The second kappa shape index (κ2) is 6.52. The van der Waals surface area contributed by atoms with E-state index in [1.54, 1.807) is 6.20 Å². The second-order valence-corrected chi connectivity index (χ2v) is 5.46. The summed E-state index contributed by atoms with van der Waals surface area (Å²) in [7, 11) is 0. The Morgan fingerprint density at radius 2 is 2.10 bits per heavy atom. The molecule has 2 rings (SSSR count). The van der Waals surface area contributed by atoms with Crippen molar-refractivity contribution < 1.29 is 0 Å². The topological polar surface area (TPSA) is 62.7 Å². The van der Waals surface area contributed by atoms with Gasteiger partial charge in [0.2, 0.25) is 5.95 Å². The summed E-state index contributed by atoms with van der Waals surface area (Å²) < 4.78 is 0. The Hall–Kier alpha value is -1.88. The Bertz CT molecular complexity index is 586. The molecule has 0 saturated heterocycles. The van der Waals surface area contributed by atoms with Gasteiger partial charge in [-0.3, -0.25) is 0 Å². The smallest absolute Gasteiger partial charge is 0.249 e. The van der Waals surface area contributed by atoms with E-state index in [1.807, 2.05) is 25.1 Å². The number of anilines is 3. The second-order valence-electron chi connectivity index (χ2n) is 5.02. The molecule has 0 aliphatic rings. The van der Waals surface area contributed by atoms with E-state index in [9.17, 15) is 0 Å². The lowest BCUT2D eigenvalue weighted by Crippen LogP contribution is -2.11. The largest absolute Gasteiger partial charge is 0.368 e. The van der Waals surface area contributed by atoms with E-state index >= 15 is 0 Å². The fourth-order valence-corrected chi connectivity index (χ4v) is 1.77. The zero-order valence-corrected chi connectivity index (χ0v) is 12.6. The molecule has 20 heavy (non-hydrogen) atoms. The summed E-state index contributed by atoms with van der Waals surface area (Å²) in [4.78, 5) is 4.37. The minimum absolute atomic E-state index is 0.448. The summed E-state index contributed by atoms with van der Waals surface area (Å²) in [5.74, 6) is 1.69. The highest BCUT2D eigenvalue weighted by atomic mass is 35.5. The highest BCUT2D eigenvalue weighted by molar-refractivity contribution is 6.30. The van der Waals surface area contributed by atoms with Crippen LogP contribution in [0, 0.1) is 12.8 Å². The third-order valence-corrected chi connectivity index (χ3v) is 2.93. The molecular formula is C14H18ClN5.